The zero-order valence-electron chi connectivity index (χ0n) is 10.7. The van der Waals surface area contributed by atoms with E-state index in [-0.39, 0.29) is 11.4 Å². The highest BCUT2D eigenvalue weighted by molar-refractivity contribution is 6.30. The molecular formula is C16H8ClFN2O. The van der Waals surface area contributed by atoms with E-state index in [2.05, 4.69) is 11.0 Å². The Bertz CT molecular complexity index is 891. The van der Waals surface area contributed by atoms with Gasteiger partial charge in [0.2, 0.25) is 5.78 Å². The van der Waals surface area contributed by atoms with Crippen LogP contribution in [0.2, 0.25) is 5.15 Å². The van der Waals surface area contributed by atoms with Gasteiger partial charge in [-0.05, 0) is 42.3 Å². The Labute approximate surface area is 125 Å². The van der Waals surface area contributed by atoms with Gasteiger partial charge in [0.25, 0.3) is 0 Å². The molecule has 0 atom stereocenters. The molecule has 0 bridgehead atoms. The number of nitrogens with zero attached hydrogens (tertiary/aromatic N) is 2. The van der Waals surface area contributed by atoms with Crippen LogP contribution in [-0.2, 0) is 0 Å². The number of ketones is 1. The molecule has 5 heteroatoms. The summed E-state index contributed by atoms with van der Waals surface area (Å²) in [5.41, 5.74) is 1.78. The van der Waals surface area contributed by atoms with Gasteiger partial charge in [-0.25, -0.2) is 8.91 Å². The molecule has 21 heavy (non-hydrogen) atoms. The number of Topliss-reactive ketones (excluding diaryl/α,β-unsaturated/α-hetero) is 1. The number of pyridine rings is 1. The van der Waals surface area contributed by atoms with Gasteiger partial charge in [0.1, 0.15) is 16.7 Å². The van der Waals surface area contributed by atoms with Crippen LogP contribution in [0, 0.1) is 18.2 Å². The van der Waals surface area contributed by atoms with E-state index in [9.17, 15) is 9.18 Å². The standard InChI is InChI=1S/C16H8ClFN2O/c1-2-13(21)15-12-4-3-5-14(17)20(12)19-16(15)10-6-8-11(18)9-7-10/h1,3-9H. The van der Waals surface area contributed by atoms with Crippen molar-refractivity contribution >= 4 is 22.9 Å². The van der Waals surface area contributed by atoms with E-state index < -0.39 is 5.78 Å². The van der Waals surface area contributed by atoms with Gasteiger partial charge in [0, 0.05) is 5.56 Å². The first-order chi connectivity index (χ1) is 10.1. The smallest absolute Gasteiger partial charge is 0.240 e. The van der Waals surface area contributed by atoms with Gasteiger partial charge in [-0.1, -0.05) is 17.7 Å². The normalized spacial score (nSPS) is 10.5. The van der Waals surface area contributed by atoms with E-state index >= 15 is 0 Å². The second kappa shape index (κ2) is 5.04. The Kier molecular flexibility index (Phi) is 3.20. The number of terminal acetylenes is 1. The van der Waals surface area contributed by atoms with Gasteiger partial charge in [0.05, 0.1) is 11.1 Å². The molecule has 3 rings (SSSR count). The summed E-state index contributed by atoms with van der Waals surface area (Å²) in [6.45, 7) is 0. The fourth-order valence-corrected chi connectivity index (χ4v) is 2.34. The Balaban J connectivity index is 2.36. The summed E-state index contributed by atoms with van der Waals surface area (Å²) in [7, 11) is 0. The monoisotopic (exact) mass is 298 g/mol. The highest BCUT2D eigenvalue weighted by Gasteiger charge is 2.20. The van der Waals surface area contributed by atoms with Crippen LogP contribution in [0.4, 0.5) is 4.39 Å². The van der Waals surface area contributed by atoms with Crippen molar-refractivity contribution in [2.24, 2.45) is 0 Å². The molecule has 2 heterocycles. The van der Waals surface area contributed by atoms with E-state index in [1.54, 1.807) is 18.2 Å². The first kappa shape index (κ1) is 13.3. The predicted octanol–water partition coefficient (Wildman–Crippen LogP) is 3.61. The molecule has 2 aromatic heterocycles. The second-order valence-electron chi connectivity index (χ2n) is 4.35. The van der Waals surface area contributed by atoms with Crippen molar-refractivity contribution in [2.45, 2.75) is 0 Å². The third-order valence-electron chi connectivity index (χ3n) is 3.09. The minimum Gasteiger partial charge on any atom is -0.279 e. The van der Waals surface area contributed by atoms with Crippen molar-refractivity contribution in [1.29, 1.82) is 0 Å². The van der Waals surface area contributed by atoms with Gasteiger partial charge in [-0.3, -0.25) is 4.79 Å². The summed E-state index contributed by atoms with van der Waals surface area (Å²) >= 11 is 6.08. The molecule has 0 N–H and O–H groups in total. The van der Waals surface area contributed by atoms with Crippen LogP contribution < -0.4 is 0 Å². The highest BCUT2D eigenvalue weighted by atomic mass is 35.5. The number of fused-ring (bicyclic) bond motifs is 1. The fourth-order valence-electron chi connectivity index (χ4n) is 2.14. The number of hydrogen-bond acceptors (Lipinski definition) is 2. The minimum atomic E-state index is -0.494. The third kappa shape index (κ3) is 2.18. The molecule has 3 aromatic rings. The number of benzene rings is 1. The molecule has 0 saturated carbocycles. The van der Waals surface area contributed by atoms with Crippen molar-refractivity contribution < 1.29 is 9.18 Å². The van der Waals surface area contributed by atoms with Crippen molar-refractivity contribution in [1.82, 2.24) is 9.61 Å². The van der Waals surface area contributed by atoms with E-state index in [1.165, 1.54) is 28.8 Å². The minimum absolute atomic E-state index is 0.284. The highest BCUT2D eigenvalue weighted by Crippen LogP contribution is 2.28. The SMILES string of the molecule is C#CC(=O)c1c(-c2ccc(F)cc2)nn2c(Cl)cccc12. The van der Waals surface area contributed by atoms with Gasteiger partial charge in [-0.15, -0.1) is 6.42 Å². The maximum atomic E-state index is 13.1. The summed E-state index contributed by atoms with van der Waals surface area (Å²) in [5, 5.41) is 4.68. The number of aromatic nitrogens is 2. The largest absolute Gasteiger partial charge is 0.279 e. The zero-order valence-corrected chi connectivity index (χ0v) is 11.4. The molecule has 0 aliphatic rings. The van der Waals surface area contributed by atoms with E-state index in [0.717, 1.165) is 0 Å². The molecule has 1 aromatic carbocycles. The van der Waals surface area contributed by atoms with Crippen molar-refractivity contribution in [3.05, 3.63) is 59.0 Å². The average Bonchev–Trinajstić information content (AvgIpc) is 2.88. The lowest BCUT2D eigenvalue weighted by molar-refractivity contribution is 0.105. The lowest BCUT2D eigenvalue weighted by Crippen LogP contribution is -1.96. The average molecular weight is 299 g/mol. The van der Waals surface area contributed by atoms with Gasteiger partial charge in [0.15, 0.2) is 0 Å². The quantitative estimate of drug-likeness (QED) is 0.313. The molecular weight excluding hydrogens is 291 g/mol. The predicted molar refractivity (Wildman–Crippen MR) is 78.8 cm³/mol. The number of hydrogen-bond donors (Lipinski definition) is 0. The molecule has 0 fully saturated rings. The van der Waals surface area contributed by atoms with E-state index in [1.807, 2.05) is 0 Å². The Hall–Kier alpha value is -2.64. The van der Waals surface area contributed by atoms with E-state index in [0.29, 0.717) is 21.9 Å². The first-order valence-corrected chi connectivity index (χ1v) is 6.43. The molecule has 0 amide bonds. The van der Waals surface area contributed by atoms with Crippen molar-refractivity contribution in [2.75, 3.05) is 0 Å². The van der Waals surface area contributed by atoms with Crippen LogP contribution in [0.1, 0.15) is 10.4 Å². The van der Waals surface area contributed by atoms with Crippen LogP contribution in [0.3, 0.4) is 0 Å². The maximum absolute atomic E-state index is 13.1. The summed E-state index contributed by atoms with van der Waals surface area (Å²) in [6, 6.07) is 10.7. The number of halogens is 2. The summed E-state index contributed by atoms with van der Waals surface area (Å²) in [5.74, 6) is 1.23. The Morgan fingerprint density at radius 1 is 1.24 bits per heavy atom. The van der Waals surface area contributed by atoms with Crippen LogP contribution in [0.25, 0.3) is 16.8 Å². The molecule has 0 unspecified atom stereocenters. The molecule has 3 nitrogen and oxygen atoms in total. The lowest BCUT2D eigenvalue weighted by Gasteiger charge is -1.99. The fraction of sp³-hybridized carbons (Fsp3) is 0. The first-order valence-electron chi connectivity index (χ1n) is 6.06. The maximum Gasteiger partial charge on any atom is 0.240 e. The molecule has 0 aliphatic heterocycles. The molecule has 0 aliphatic carbocycles. The summed E-state index contributed by atoms with van der Waals surface area (Å²) in [4.78, 5) is 12.1. The Morgan fingerprint density at radius 2 is 1.95 bits per heavy atom. The van der Waals surface area contributed by atoms with E-state index in [4.69, 9.17) is 18.0 Å². The van der Waals surface area contributed by atoms with Crippen LogP contribution >= 0.6 is 11.6 Å². The van der Waals surface area contributed by atoms with Gasteiger partial charge >= 0.3 is 0 Å². The molecule has 102 valence electrons. The third-order valence-corrected chi connectivity index (χ3v) is 3.37. The van der Waals surface area contributed by atoms with Crippen molar-refractivity contribution in [3.63, 3.8) is 0 Å². The number of carbonyl (C=O) groups excluding carboxylic acids is 1. The molecule has 0 radical (unpaired) electrons. The number of carbonyl (C=O) groups is 1. The van der Waals surface area contributed by atoms with Gasteiger partial charge < -0.3 is 0 Å². The van der Waals surface area contributed by atoms with Crippen molar-refractivity contribution in [3.8, 4) is 23.6 Å². The second-order valence-corrected chi connectivity index (χ2v) is 4.74. The summed E-state index contributed by atoms with van der Waals surface area (Å²) < 4.78 is 14.5. The zero-order chi connectivity index (χ0) is 15.0. The topological polar surface area (TPSA) is 34.4 Å². The molecule has 0 spiro atoms. The lowest BCUT2D eigenvalue weighted by atomic mass is 10.0. The number of rotatable bonds is 2. The van der Waals surface area contributed by atoms with Crippen LogP contribution in [-0.4, -0.2) is 15.4 Å². The summed E-state index contributed by atoms with van der Waals surface area (Å²) in [6.07, 6.45) is 5.23. The van der Waals surface area contributed by atoms with Crippen LogP contribution in [0.5, 0.6) is 0 Å². The van der Waals surface area contributed by atoms with Gasteiger partial charge in [-0.2, -0.15) is 5.10 Å². The molecule has 0 saturated heterocycles. The Morgan fingerprint density at radius 3 is 2.62 bits per heavy atom. The van der Waals surface area contributed by atoms with Crippen LogP contribution in [0.15, 0.2) is 42.5 Å².